The lowest BCUT2D eigenvalue weighted by atomic mass is 9.63. The molecule has 0 saturated heterocycles. The van der Waals surface area contributed by atoms with E-state index in [0.717, 1.165) is 36.5 Å². The van der Waals surface area contributed by atoms with Crippen LogP contribution in [0.1, 0.15) is 118 Å². The average Bonchev–Trinajstić information content (AvgIpc) is 2.56. The molecule has 1 aliphatic carbocycles. The van der Waals surface area contributed by atoms with Crippen LogP contribution in [0.4, 0.5) is 0 Å². The van der Waals surface area contributed by atoms with E-state index in [1.54, 1.807) is 0 Å². The van der Waals surface area contributed by atoms with Crippen molar-refractivity contribution in [1.29, 1.82) is 5.26 Å². The first kappa shape index (κ1) is 22.5. The third-order valence-corrected chi connectivity index (χ3v) is 6.57. The molecule has 25 heavy (non-hydrogen) atoms. The van der Waals surface area contributed by atoms with Crippen molar-refractivity contribution in [3.63, 3.8) is 0 Å². The normalized spacial score (nSPS) is 27.0. The van der Waals surface area contributed by atoms with E-state index in [1.165, 1.54) is 70.6 Å². The van der Waals surface area contributed by atoms with E-state index >= 15 is 0 Å². The number of nitriles is 1. The van der Waals surface area contributed by atoms with Crippen molar-refractivity contribution >= 4 is 0 Å². The Morgan fingerprint density at radius 2 is 1.52 bits per heavy atom. The van der Waals surface area contributed by atoms with Crippen molar-refractivity contribution in [2.45, 2.75) is 118 Å². The molecule has 1 aliphatic rings. The van der Waals surface area contributed by atoms with E-state index in [-0.39, 0.29) is 5.41 Å². The fourth-order valence-corrected chi connectivity index (χ4v) is 4.64. The molecule has 0 aromatic carbocycles. The molecule has 146 valence electrons. The molecule has 0 aromatic heterocycles. The highest BCUT2D eigenvalue weighted by atomic mass is 14.4. The number of unbranched alkanes of at least 4 members (excludes halogenated alkanes) is 4. The molecular weight excluding hydrogens is 302 g/mol. The van der Waals surface area contributed by atoms with Gasteiger partial charge < -0.3 is 0 Å². The smallest absolute Gasteiger partial charge is 0.0689 e. The van der Waals surface area contributed by atoms with E-state index in [2.05, 4.69) is 40.7 Å². The lowest BCUT2D eigenvalue weighted by molar-refractivity contribution is 0.121. The Labute approximate surface area is 159 Å². The molecule has 1 fully saturated rings. The predicted molar refractivity (Wildman–Crippen MR) is 110 cm³/mol. The summed E-state index contributed by atoms with van der Waals surface area (Å²) >= 11 is 0. The Morgan fingerprint density at radius 3 is 2.08 bits per heavy atom. The van der Waals surface area contributed by atoms with Gasteiger partial charge >= 0.3 is 0 Å². The molecule has 0 amide bonds. The second-order valence-electron chi connectivity index (χ2n) is 9.90. The van der Waals surface area contributed by atoms with Crippen molar-refractivity contribution in [2.75, 3.05) is 0 Å². The third kappa shape index (κ3) is 9.12. The van der Waals surface area contributed by atoms with Gasteiger partial charge in [0.2, 0.25) is 0 Å². The summed E-state index contributed by atoms with van der Waals surface area (Å²) in [7, 11) is 0. The van der Waals surface area contributed by atoms with Gasteiger partial charge in [-0.1, -0.05) is 92.4 Å². The molecule has 0 N–H and O–H groups in total. The standard InChI is InChI=1S/C24H45N/c1-20(2)12-8-6-10-14-23-18-24(19-25,17-15-22(23)5)16-11-7-9-13-21(3)4/h20-23H,6-18H2,1-5H3. The molecule has 3 atom stereocenters. The predicted octanol–water partition coefficient (Wildman–Crippen LogP) is 8.15. The minimum absolute atomic E-state index is 0.00688. The van der Waals surface area contributed by atoms with Crippen molar-refractivity contribution in [3.8, 4) is 6.07 Å². The van der Waals surface area contributed by atoms with Crippen molar-refractivity contribution in [2.24, 2.45) is 29.1 Å². The Kier molecular flexibility index (Phi) is 10.8. The van der Waals surface area contributed by atoms with Gasteiger partial charge in [-0.05, 0) is 49.4 Å². The van der Waals surface area contributed by atoms with E-state index in [9.17, 15) is 5.26 Å². The van der Waals surface area contributed by atoms with Crippen molar-refractivity contribution in [3.05, 3.63) is 0 Å². The molecule has 0 bridgehead atoms. The molecule has 0 aromatic rings. The summed E-state index contributed by atoms with van der Waals surface area (Å²) in [6.07, 6.45) is 16.9. The molecule has 1 rings (SSSR count). The zero-order valence-electron chi connectivity index (χ0n) is 17.9. The molecule has 1 heteroatoms. The fourth-order valence-electron chi connectivity index (χ4n) is 4.64. The van der Waals surface area contributed by atoms with Crippen LogP contribution < -0.4 is 0 Å². The van der Waals surface area contributed by atoms with E-state index in [0.29, 0.717) is 0 Å². The molecule has 0 heterocycles. The first-order valence-electron chi connectivity index (χ1n) is 11.3. The second kappa shape index (κ2) is 12.0. The molecular formula is C24H45N. The topological polar surface area (TPSA) is 23.8 Å². The van der Waals surface area contributed by atoms with Gasteiger partial charge in [-0.15, -0.1) is 0 Å². The molecule has 0 aliphatic heterocycles. The molecule has 0 radical (unpaired) electrons. The summed E-state index contributed by atoms with van der Waals surface area (Å²) in [5, 5.41) is 9.91. The highest BCUT2D eigenvalue weighted by Crippen LogP contribution is 2.47. The van der Waals surface area contributed by atoms with Gasteiger partial charge in [0, 0.05) is 0 Å². The summed E-state index contributed by atoms with van der Waals surface area (Å²) < 4.78 is 0. The van der Waals surface area contributed by atoms with Crippen LogP contribution in [-0.2, 0) is 0 Å². The highest BCUT2D eigenvalue weighted by Gasteiger charge is 2.38. The maximum Gasteiger partial charge on any atom is 0.0689 e. The van der Waals surface area contributed by atoms with Crippen LogP contribution in [0.5, 0.6) is 0 Å². The lowest BCUT2D eigenvalue weighted by Crippen LogP contribution is -2.32. The van der Waals surface area contributed by atoms with E-state index in [4.69, 9.17) is 0 Å². The van der Waals surface area contributed by atoms with Crippen molar-refractivity contribution < 1.29 is 0 Å². The van der Waals surface area contributed by atoms with Crippen molar-refractivity contribution in [1.82, 2.24) is 0 Å². The number of rotatable bonds is 12. The van der Waals surface area contributed by atoms with Crippen LogP contribution in [0.15, 0.2) is 0 Å². The summed E-state index contributed by atoms with van der Waals surface area (Å²) in [5.41, 5.74) is 0.00688. The molecule has 3 unspecified atom stereocenters. The summed E-state index contributed by atoms with van der Waals surface area (Å²) in [4.78, 5) is 0. The Bertz CT molecular complexity index is 378. The average molecular weight is 348 g/mol. The van der Waals surface area contributed by atoms with Crippen LogP contribution in [-0.4, -0.2) is 0 Å². The third-order valence-electron chi connectivity index (χ3n) is 6.57. The number of hydrogen-bond acceptors (Lipinski definition) is 1. The Balaban J connectivity index is 2.36. The fraction of sp³-hybridized carbons (Fsp3) is 0.958. The summed E-state index contributed by atoms with van der Waals surface area (Å²) in [5.74, 6) is 3.28. The van der Waals surface area contributed by atoms with Gasteiger partial charge in [0.15, 0.2) is 0 Å². The zero-order chi connectivity index (χ0) is 18.7. The monoisotopic (exact) mass is 347 g/mol. The van der Waals surface area contributed by atoms with Crippen LogP contribution in [0, 0.1) is 40.4 Å². The van der Waals surface area contributed by atoms with E-state index < -0.39 is 0 Å². The van der Waals surface area contributed by atoms with Crippen LogP contribution in [0.3, 0.4) is 0 Å². The van der Waals surface area contributed by atoms with E-state index in [1.807, 2.05) is 0 Å². The number of hydrogen-bond donors (Lipinski definition) is 0. The maximum absolute atomic E-state index is 9.91. The largest absolute Gasteiger partial charge is 0.198 e. The Hall–Kier alpha value is -0.510. The minimum Gasteiger partial charge on any atom is -0.198 e. The first-order valence-corrected chi connectivity index (χ1v) is 11.3. The minimum atomic E-state index is 0.00688. The van der Waals surface area contributed by atoms with Crippen LogP contribution >= 0.6 is 0 Å². The Morgan fingerprint density at radius 1 is 0.920 bits per heavy atom. The van der Waals surface area contributed by atoms with Crippen LogP contribution in [0.25, 0.3) is 0 Å². The SMILES string of the molecule is CC(C)CCCCCC1CC(C#N)(CCCCCC(C)C)CCC1C. The van der Waals surface area contributed by atoms with Gasteiger partial charge in [-0.3, -0.25) is 0 Å². The highest BCUT2D eigenvalue weighted by molar-refractivity contribution is 5.03. The summed E-state index contributed by atoms with van der Waals surface area (Å²) in [6.45, 7) is 11.7. The molecule has 1 saturated carbocycles. The second-order valence-corrected chi connectivity index (χ2v) is 9.90. The van der Waals surface area contributed by atoms with Gasteiger partial charge in [-0.25, -0.2) is 0 Å². The maximum atomic E-state index is 9.91. The lowest BCUT2D eigenvalue weighted by Gasteiger charge is -2.40. The molecule has 0 spiro atoms. The van der Waals surface area contributed by atoms with Gasteiger partial charge in [0.1, 0.15) is 0 Å². The van der Waals surface area contributed by atoms with Gasteiger partial charge in [0.25, 0.3) is 0 Å². The van der Waals surface area contributed by atoms with Gasteiger partial charge in [0.05, 0.1) is 11.5 Å². The molecule has 1 nitrogen and oxygen atoms in total. The quantitative estimate of drug-likeness (QED) is 0.327. The number of nitrogens with zero attached hydrogens (tertiary/aromatic N) is 1. The van der Waals surface area contributed by atoms with Gasteiger partial charge in [-0.2, -0.15) is 5.26 Å². The first-order chi connectivity index (χ1) is 11.9. The zero-order valence-corrected chi connectivity index (χ0v) is 17.9. The summed E-state index contributed by atoms with van der Waals surface area (Å²) in [6, 6.07) is 2.78. The van der Waals surface area contributed by atoms with Crippen LogP contribution in [0.2, 0.25) is 0 Å².